The van der Waals surface area contributed by atoms with E-state index in [4.69, 9.17) is 9.72 Å². The number of fused-ring (bicyclic) bond motifs is 3. The zero-order chi connectivity index (χ0) is 24.5. The fourth-order valence-electron chi connectivity index (χ4n) is 6.30. The van der Waals surface area contributed by atoms with Gasteiger partial charge in [0.15, 0.2) is 6.61 Å². The van der Waals surface area contributed by atoms with Crippen molar-refractivity contribution in [1.29, 1.82) is 0 Å². The SMILES string of the molecule is CC1(C)CC2CC(C)(CN2C(=O)c2csc(CN3C(=O)COc4ccc(C(C)(C)C)cc43)n2)C1. The molecular formula is C27H35N3O3S. The van der Waals surface area contributed by atoms with E-state index in [0.29, 0.717) is 18.0 Å². The summed E-state index contributed by atoms with van der Waals surface area (Å²) in [5, 5.41) is 2.62. The van der Waals surface area contributed by atoms with Crippen LogP contribution in [-0.4, -0.2) is 40.9 Å². The van der Waals surface area contributed by atoms with E-state index in [-0.39, 0.29) is 40.7 Å². The predicted octanol–water partition coefficient (Wildman–Crippen LogP) is 5.41. The van der Waals surface area contributed by atoms with E-state index >= 15 is 0 Å². The molecule has 2 amide bonds. The molecule has 1 aliphatic carbocycles. The van der Waals surface area contributed by atoms with Crippen LogP contribution >= 0.6 is 11.3 Å². The van der Waals surface area contributed by atoms with Gasteiger partial charge >= 0.3 is 0 Å². The molecule has 0 spiro atoms. The number of carbonyl (C=O) groups is 2. The van der Waals surface area contributed by atoms with Gasteiger partial charge < -0.3 is 9.64 Å². The standard InChI is InChI=1S/C27H35N3O3S/c1-25(2,3)17-7-8-21-20(9-17)29(23(31)13-33-21)12-22-28-19(14-34-22)24(32)30-16-27(6)11-18(30)10-26(4,5)15-27/h7-9,14,18H,10-13,15-16H2,1-6H3. The molecule has 1 saturated heterocycles. The van der Waals surface area contributed by atoms with Crippen LogP contribution in [0.4, 0.5) is 5.69 Å². The highest BCUT2D eigenvalue weighted by molar-refractivity contribution is 7.09. The van der Waals surface area contributed by atoms with Gasteiger partial charge in [-0.2, -0.15) is 0 Å². The van der Waals surface area contributed by atoms with E-state index in [1.807, 2.05) is 17.5 Å². The monoisotopic (exact) mass is 481 g/mol. The van der Waals surface area contributed by atoms with Crippen molar-refractivity contribution in [3.63, 3.8) is 0 Å². The van der Waals surface area contributed by atoms with Crippen LogP contribution in [0, 0.1) is 10.8 Å². The first-order chi connectivity index (χ1) is 15.8. The minimum Gasteiger partial charge on any atom is -0.482 e. The van der Waals surface area contributed by atoms with Crippen LogP contribution in [0.15, 0.2) is 23.6 Å². The first-order valence-electron chi connectivity index (χ1n) is 12.2. The topological polar surface area (TPSA) is 62.7 Å². The highest BCUT2D eigenvalue weighted by Crippen LogP contribution is 2.52. The summed E-state index contributed by atoms with van der Waals surface area (Å²) in [6.45, 7) is 14.6. The first-order valence-corrected chi connectivity index (χ1v) is 13.0. The molecule has 2 atom stereocenters. The zero-order valence-corrected chi connectivity index (χ0v) is 21.9. The first kappa shape index (κ1) is 23.3. The Morgan fingerprint density at radius 1 is 1.24 bits per heavy atom. The van der Waals surface area contributed by atoms with Crippen LogP contribution in [-0.2, 0) is 16.8 Å². The van der Waals surface area contributed by atoms with Gasteiger partial charge in [-0.15, -0.1) is 11.3 Å². The largest absolute Gasteiger partial charge is 0.482 e. The summed E-state index contributed by atoms with van der Waals surface area (Å²) in [6.07, 6.45) is 3.27. The summed E-state index contributed by atoms with van der Waals surface area (Å²) < 4.78 is 5.68. The fraction of sp³-hybridized carbons (Fsp3) is 0.593. The lowest BCUT2D eigenvalue weighted by Gasteiger charge is -2.39. The molecule has 2 fully saturated rings. The summed E-state index contributed by atoms with van der Waals surface area (Å²) in [5.41, 5.74) is 2.82. The number of hydrogen-bond donors (Lipinski definition) is 0. The molecule has 2 aliphatic heterocycles. The van der Waals surface area contributed by atoms with Gasteiger partial charge in [-0.3, -0.25) is 14.5 Å². The number of thiazole rings is 1. The van der Waals surface area contributed by atoms with Gasteiger partial charge in [0, 0.05) is 18.0 Å². The molecule has 2 unspecified atom stereocenters. The molecule has 0 radical (unpaired) electrons. The molecule has 1 aromatic carbocycles. The minimum atomic E-state index is -0.0925. The number of nitrogens with zero attached hydrogens (tertiary/aromatic N) is 3. The van der Waals surface area contributed by atoms with Crippen molar-refractivity contribution in [2.45, 2.75) is 78.8 Å². The Balaban J connectivity index is 1.36. The van der Waals surface area contributed by atoms with Gasteiger partial charge in [0.2, 0.25) is 0 Å². The van der Waals surface area contributed by atoms with Crippen molar-refractivity contribution in [3.05, 3.63) is 39.8 Å². The number of likely N-dealkylation sites (tertiary alicyclic amines) is 1. The molecule has 2 aromatic rings. The lowest BCUT2D eigenvalue weighted by atomic mass is 9.65. The summed E-state index contributed by atoms with van der Waals surface area (Å²) in [6, 6.07) is 6.33. The van der Waals surface area contributed by atoms with Crippen LogP contribution in [0.5, 0.6) is 5.75 Å². The molecule has 2 bridgehead atoms. The van der Waals surface area contributed by atoms with Crippen molar-refractivity contribution in [2.24, 2.45) is 10.8 Å². The van der Waals surface area contributed by atoms with Crippen LogP contribution in [0.25, 0.3) is 0 Å². The van der Waals surface area contributed by atoms with Crippen molar-refractivity contribution in [3.8, 4) is 5.75 Å². The average Bonchev–Trinajstić information content (AvgIpc) is 3.29. The van der Waals surface area contributed by atoms with Crippen molar-refractivity contribution >= 4 is 28.8 Å². The van der Waals surface area contributed by atoms with Gasteiger partial charge in [0.1, 0.15) is 16.5 Å². The maximum atomic E-state index is 13.4. The molecular weight excluding hydrogens is 446 g/mol. The molecule has 7 heteroatoms. The summed E-state index contributed by atoms with van der Waals surface area (Å²) in [4.78, 5) is 34.7. The van der Waals surface area contributed by atoms with Gasteiger partial charge in [-0.1, -0.05) is 47.6 Å². The Morgan fingerprint density at radius 2 is 2.00 bits per heavy atom. The van der Waals surface area contributed by atoms with E-state index in [9.17, 15) is 9.59 Å². The highest BCUT2D eigenvalue weighted by Gasteiger charge is 2.51. The molecule has 3 heterocycles. The number of benzene rings is 1. The molecule has 1 aromatic heterocycles. The second-order valence-corrected chi connectivity index (χ2v) is 13.4. The van der Waals surface area contributed by atoms with Gasteiger partial charge in [0.05, 0.1) is 12.2 Å². The summed E-state index contributed by atoms with van der Waals surface area (Å²) in [7, 11) is 0. The average molecular weight is 482 g/mol. The second kappa shape index (κ2) is 7.80. The van der Waals surface area contributed by atoms with Crippen molar-refractivity contribution < 1.29 is 14.3 Å². The lowest BCUT2D eigenvalue weighted by molar-refractivity contribution is -0.121. The zero-order valence-electron chi connectivity index (χ0n) is 21.1. The number of rotatable bonds is 3. The molecule has 1 saturated carbocycles. The van der Waals surface area contributed by atoms with Crippen LogP contribution < -0.4 is 9.64 Å². The third-order valence-electron chi connectivity index (χ3n) is 7.51. The summed E-state index contributed by atoms with van der Waals surface area (Å²) >= 11 is 1.45. The van der Waals surface area contributed by atoms with E-state index in [1.165, 1.54) is 11.3 Å². The molecule has 34 heavy (non-hydrogen) atoms. The number of aromatic nitrogens is 1. The van der Waals surface area contributed by atoms with E-state index in [0.717, 1.165) is 42.1 Å². The number of anilines is 1. The molecule has 182 valence electrons. The minimum absolute atomic E-state index is 0.0167. The second-order valence-electron chi connectivity index (χ2n) is 12.5. The predicted molar refractivity (Wildman–Crippen MR) is 135 cm³/mol. The Labute approximate surface area is 206 Å². The van der Waals surface area contributed by atoms with E-state index in [1.54, 1.807) is 4.90 Å². The van der Waals surface area contributed by atoms with Gasteiger partial charge in [-0.05, 0) is 53.2 Å². The summed E-state index contributed by atoms with van der Waals surface area (Å²) in [5.74, 6) is 0.642. The Kier molecular flexibility index (Phi) is 5.36. The number of ether oxygens (including phenoxy) is 1. The number of amides is 2. The Morgan fingerprint density at radius 3 is 2.74 bits per heavy atom. The molecule has 0 N–H and O–H groups in total. The van der Waals surface area contributed by atoms with E-state index < -0.39 is 0 Å². The highest BCUT2D eigenvalue weighted by atomic mass is 32.1. The molecule has 3 aliphatic rings. The number of carbonyl (C=O) groups excluding carboxylic acids is 2. The molecule has 5 rings (SSSR count). The smallest absolute Gasteiger partial charge is 0.273 e. The van der Waals surface area contributed by atoms with Crippen LogP contribution in [0.1, 0.15) is 81.9 Å². The van der Waals surface area contributed by atoms with Crippen molar-refractivity contribution in [2.75, 3.05) is 18.1 Å². The Hall–Kier alpha value is -2.41. The molecule has 6 nitrogen and oxygen atoms in total. The number of hydrogen-bond acceptors (Lipinski definition) is 5. The van der Waals surface area contributed by atoms with Crippen LogP contribution in [0.2, 0.25) is 0 Å². The Bertz CT molecular complexity index is 1150. The maximum Gasteiger partial charge on any atom is 0.273 e. The third-order valence-corrected chi connectivity index (χ3v) is 8.34. The van der Waals surface area contributed by atoms with Crippen molar-refractivity contribution in [1.82, 2.24) is 9.88 Å². The van der Waals surface area contributed by atoms with Gasteiger partial charge in [0.25, 0.3) is 11.8 Å². The third kappa shape index (κ3) is 4.23. The van der Waals surface area contributed by atoms with Crippen LogP contribution in [0.3, 0.4) is 0 Å². The lowest BCUT2D eigenvalue weighted by Crippen LogP contribution is -2.39. The fourth-order valence-corrected chi connectivity index (χ4v) is 7.06. The van der Waals surface area contributed by atoms with E-state index in [2.05, 4.69) is 52.5 Å². The van der Waals surface area contributed by atoms with Gasteiger partial charge in [-0.25, -0.2) is 4.98 Å². The normalized spacial score (nSPS) is 25.8. The maximum absolute atomic E-state index is 13.4. The quantitative estimate of drug-likeness (QED) is 0.588.